The van der Waals surface area contributed by atoms with Gasteiger partial charge in [-0.1, -0.05) is 23.4 Å². The number of hydrogen-bond acceptors (Lipinski definition) is 10. The normalized spacial score (nSPS) is 12.7. The summed E-state index contributed by atoms with van der Waals surface area (Å²) in [7, 11) is 1.02. The first-order chi connectivity index (χ1) is 16.6. The number of likely N-dealkylation sites (N-methyl/N-ethyl adjacent to an activating group) is 1. The van der Waals surface area contributed by atoms with Crippen LogP contribution in [0, 0.1) is 0 Å². The number of benzene rings is 1. The predicted molar refractivity (Wildman–Crippen MR) is 126 cm³/mol. The lowest BCUT2D eigenvalue weighted by Crippen LogP contribution is -2.50. The maximum absolute atomic E-state index is 12.5. The van der Waals surface area contributed by atoms with Crippen molar-refractivity contribution in [1.82, 2.24) is 10.2 Å². The Morgan fingerprint density at radius 1 is 1.17 bits per heavy atom. The number of carboxylic acid groups (broad SMARTS) is 2. The molecule has 3 amide bonds. The second-order valence-corrected chi connectivity index (χ2v) is 7.99. The number of carbonyl (C=O) groups excluding carboxylic acids is 3. The molecule has 2 atom stereocenters. The van der Waals surface area contributed by atoms with E-state index in [1.165, 1.54) is 0 Å². The lowest BCUT2D eigenvalue weighted by atomic mass is 10.1. The number of aliphatic carboxylic acids is 1. The van der Waals surface area contributed by atoms with Gasteiger partial charge in [-0.3, -0.25) is 14.4 Å². The van der Waals surface area contributed by atoms with Crippen molar-refractivity contribution in [1.29, 1.82) is 0 Å². The molecule has 0 aliphatic carbocycles. The number of carbonyl (C=O) groups is 5. The molecule has 0 aromatic heterocycles. The number of nitrogens with two attached hydrogens (primary N) is 1. The van der Waals surface area contributed by atoms with Crippen LogP contribution in [0.5, 0.6) is 5.75 Å². The van der Waals surface area contributed by atoms with E-state index in [1.54, 1.807) is 37.3 Å². The van der Waals surface area contributed by atoms with Gasteiger partial charge in [0.2, 0.25) is 5.91 Å². The first-order valence-corrected chi connectivity index (χ1v) is 11.5. The van der Waals surface area contributed by atoms with Crippen LogP contribution in [0.4, 0.5) is 4.79 Å². The van der Waals surface area contributed by atoms with Crippen LogP contribution in [0.1, 0.15) is 19.8 Å². The van der Waals surface area contributed by atoms with E-state index < -0.39 is 41.9 Å². The van der Waals surface area contributed by atoms with E-state index in [-0.39, 0.29) is 36.7 Å². The number of rotatable bonds is 14. The molecule has 0 heterocycles. The Morgan fingerprint density at radius 3 is 2.40 bits per heavy atom. The first kappa shape index (κ1) is 29.4. The summed E-state index contributed by atoms with van der Waals surface area (Å²) in [5, 5.41) is 24.1. The van der Waals surface area contributed by atoms with Gasteiger partial charge in [0.25, 0.3) is 5.91 Å². The highest BCUT2D eigenvalue weighted by molar-refractivity contribution is 8.00. The summed E-state index contributed by atoms with van der Waals surface area (Å²) in [6.07, 6.45) is -2.00. The van der Waals surface area contributed by atoms with E-state index in [2.05, 4.69) is 10.5 Å². The van der Waals surface area contributed by atoms with Crippen LogP contribution in [0.15, 0.2) is 35.5 Å². The Kier molecular flexibility index (Phi) is 12.8. The molecule has 0 spiro atoms. The second kappa shape index (κ2) is 15.3. The third kappa shape index (κ3) is 10.9. The fraction of sp³-hybridized carbons (Fsp3) is 0.429. The molecule has 0 fully saturated rings. The van der Waals surface area contributed by atoms with Crippen LogP contribution in [0.2, 0.25) is 0 Å². The van der Waals surface area contributed by atoms with E-state index in [4.69, 9.17) is 25.5 Å². The molecule has 13 nitrogen and oxygen atoms in total. The summed E-state index contributed by atoms with van der Waals surface area (Å²) in [6.45, 7) is 1.70. The van der Waals surface area contributed by atoms with E-state index in [0.29, 0.717) is 10.6 Å². The number of para-hydroxylation sites is 1. The zero-order valence-corrected chi connectivity index (χ0v) is 20.0. The summed E-state index contributed by atoms with van der Waals surface area (Å²) >= 11 is 1.00. The van der Waals surface area contributed by atoms with Gasteiger partial charge in [-0.05, 0) is 25.5 Å². The molecule has 35 heavy (non-hydrogen) atoms. The Balaban J connectivity index is 2.88. The molecular weight excluding hydrogens is 484 g/mol. The van der Waals surface area contributed by atoms with Crippen LogP contribution in [0.25, 0.3) is 0 Å². The van der Waals surface area contributed by atoms with Crippen LogP contribution in [-0.4, -0.2) is 87.9 Å². The molecule has 0 saturated heterocycles. The fourth-order valence-electron chi connectivity index (χ4n) is 2.38. The number of nitrogens with one attached hydrogen (secondary N) is 1. The molecule has 1 aromatic carbocycles. The summed E-state index contributed by atoms with van der Waals surface area (Å²) in [6, 6.07) is 5.90. The van der Waals surface area contributed by atoms with Crippen LogP contribution < -0.4 is 15.9 Å². The SMILES string of the molecule is CCOC(=O)C(CSCC(NC(=O)CCC(N)C(=O)O)C(=O)N(C)C(=O)O)=NOc1ccccc1. The van der Waals surface area contributed by atoms with Crippen LogP contribution in [-0.2, 0) is 23.9 Å². The Hall–Kier alpha value is -3.65. The summed E-state index contributed by atoms with van der Waals surface area (Å²) in [5.41, 5.74) is 5.28. The Morgan fingerprint density at radius 2 is 1.83 bits per heavy atom. The average molecular weight is 513 g/mol. The van der Waals surface area contributed by atoms with Gasteiger partial charge in [0.05, 0.1) is 6.61 Å². The zero-order valence-electron chi connectivity index (χ0n) is 19.2. The zero-order chi connectivity index (χ0) is 26.4. The number of nitrogens with zero attached hydrogens (tertiary/aromatic N) is 2. The molecular formula is C21H28N4O9S. The van der Waals surface area contributed by atoms with Gasteiger partial charge in [-0.25, -0.2) is 14.5 Å². The molecule has 0 bridgehead atoms. The molecule has 0 saturated carbocycles. The van der Waals surface area contributed by atoms with Crippen molar-refractivity contribution in [2.75, 3.05) is 25.2 Å². The maximum atomic E-state index is 12.5. The smallest absolute Gasteiger partial charge is 0.413 e. The first-order valence-electron chi connectivity index (χ1n) is 10.4. The van der Waals surface area contributed by atoms with Crippen LogP contribution >= 0.6 is 11.8 Å². The molecule has 2 unspecified atom stereocenters. The number of carboxylic acids is 1. The lowest BCUT2D eigenvalue weighted by molar-refractivity contribution is -0.139. The predicted octanol–water partition coefficient (Wildman–Crippen LogP) is 0.531. The quantitative estimate of drug-likeness (QED) is 0.154. The number of hydrogen-bond donors (Lipinski definition) is 4. The molecule has 14 heteroatoms. The third-order valence-corrected chi connectivity index (χ3v) is 5.34. The van der Waals surface area contributed by atoms with Gasteiger partial charge in [0, 0.05) is 25.0 Å². The van der Waals surface area contributed by atoms with Crippen molar-refractivity contribution < 1.29 is 43.8 Å². The van der Waals surface area contributed by atoms with E-state index in [9.17, 15) is 24.0 Å². The minimum Gasteiger partial charge on any atom is -0.480 e. The molecule has 0 aliphatic rings. The molecule has 0 radical (unpaired) electrons. The topological polar surface area (TPSA) is 198 Å². The van der Waals surface area contributed by atoms with Crippen molar-refractivity contribution in [2.45, 2.75) is 31.8 Å². The summed E-state index contributed by atoms with van der Waals surface area (Å²) < 4.78 is 4.96. The van der Waals surface area contributed by atoms with Gasteiger partial charge in [0.1, 0.15) is 12.1 Å². The lowest BCUT2D eigenvalue weighted by Gasteiger charge is -2.21. The molecule has 1 aromatic rings. The Labute approximate surface area is 205 Å². The minimum atomic E-state index is -1.53. The average Bonchev–Trinajstić information content (AvgIpc) is 2.83. The van der Waals surface area contributed by atoms with Crippen molar-refractivity contribution >= 4 is 47.3 Å². The van der Waals surface area contributed by atoms with Gasteiger partial charge < -0.3 is 30.8 Å². The number of esters is 1. The van der Waals surface area contributed by atoms with E-state index >= 15 is 0 Å². The number of amides is 3. The number of imide groups is 1. The molecule has 192 valence electrons. The number of ether oxygens (including phenoxy) is 1. The standard InChI is InChI=1S/C21H28N4O9S/c1-3-33-20(30)16(24-34-13-7-5-4-6-8-13)12-35-11-15(18(27)25(2)21(31)32)23-17(26)10-9-14(22)19(28)29/h4-8,14-15H,3,9-12,22H2,1-2H3,(H,23,26)(H,28,29)(H,31,32). The van der Waals surface area contributed by atoms with Gasteiger partial charge in [0.15, 0.2) is 11.5 Å². The van der Waals surface area contributed by atoms with Gasteiger partial charge in [-0.15, -0.1) is 0 Å². The molecule has 0 aliphatic heterocycles. The molecule has 1 rings (SSSR count). The monoisotopic (exact) mass is 512 g/mol. The van der Waals surface area contributed by atoms with Gasteiger partial charge in [-0.2, -0.15) is 11.8 Å². The number of oxime groups is 1. The van der Waals surface area contributed by atoms with Crippen molar-refractivity contribution in [3.63, 3.8) is 0 Å². The summed E-state index contributed by atoms with van der Waals surface area (Å²) in [5.74, 6) is -3.46. The van der Waals surface area contributed by atoms with E-state index in [0.717, 1.165) is 18.8 Å². The Bertz CT molecular complexity index is 927. The van der Waals surface area contributed by atoms with E-state index in [1.807, 2.05) is 0 Å². The van der Waals surface area contributed by atoms with Gasteiger partial charge >= 0.3 is 18.0 Å². The maximum Gasteiger partial charge on any atom is 0.413 e. The van der Waals surface area contributed by atoms with Crippen molar-refractivity contribution in [2.24, 2.45) is 10.9 Å². The summed E-state index contributed by atoms with van der Waals surface area (Å²) in [4.78, 5) is 64.6. The van der Waals surface area contributed by atoms with Crippen molar-refractivity contribution in [3.05, 3.63) is 30.3 Å². The fourth-order valence-corrected chi connectivity index (χ4v) is 3.32. The number of thioether (sulfide) groups is 1. The minimum absolute atomic E-state index is 0.0774. The molecule has 5 N–H and O–H groups in total. The highest BCUT2D eigenvalue weighted by Gasteiger charge is 2.28. The largest absolute Gasteiger partial charge is 0.480 e. The highest BCUT2D eigenvalue weighted by Crippen LogP contribution is 2.12. The highest BCUT2D eigenvalue weighted by atomic mass is 32.2. The second-order valence-electron chi connectivity index (χ2n) is 6.96. The van der Waals surface area contributed by atoms with Crippen molar-refractivity contribution in [3.8, 4) is 5.75 Å². The third-order valence-electron chi connectivity index (χ3n) is 4.29. The van der Waals surface area contributed by atoms with Crippen LogP contribution in [0.3, 0.4) is 0 Å².